The van der Waals surface area contributed by atoms with E-state index in [9.17, 15) is 13.6 Å². The average molecular weight is 321 g/mol. The number of esters is 1. The lowest BCUT2D eigenvalue weighted by Crippen LogP contribution is -2.05. The molecule has 0 amide bonds. The largest absolute Gasteiger partial charge is 0.485 e. The molecule has 0 radical (unpaired) electrons. The van der Waals surface area contributed by atoms with Gasteiger partial charge in [0.05, 0.1) is 11.6 Å². The maximum absolute atomic E-state index is 13.4. The van der Waals surface area contributed by atoms with E-state index in [0.717, 1.165) is 12.1 Å². The minimum atomic E-state index is -0.814. The van der Waals surface area contributed by atoms with Crippen LogP contribution in [0.15, 0.2) is 28.3 Å². The SMILES string of the molecule is COC(=O)C(C)=CCOc1c(F)cc(F)cc1Br. The highest BCUT2D eigenvalue weighted by Gasteiger charge is 2.10. The van der Waals surface area contributed by atoms with E-state index in [2.05, 4.69) is 20.7 Å². The van der Waals surface area contributed by atoms with Crippen molar-refractivity contribution in [2.75, 3.05) is 13.7 Å². The van der Waals surface area contributed by atoms with Gasteiger partial charge in [0.1, 0.15) is 12.4 Å². The maximum Gasteiger partial charge on any atom is 0.333 e. The molecule has 0 saturated heterocycles. The van der Waals surface area contributed by atoms with E-state index in [1.807, 2.05) is 0 Å². The molecule has 6 heteroatoms. The summed E-state index contributed by atoms with van der Waals surface area (Å²) in [5.74, 6) is -2.11. The van der Waals surface area contributed by atoms with E-state index in [1.54, 1.807) is 6.92 Å². The number of methoxy groups -OCH3 is 1. The fraction of sp³-hybridized carbons (Fsp3) is 0.250. The van der Waals surface area contributed by atoms with Crippen LogP contribution in [0, 0.1) is 11.6 Å². The monoisotopic (exact) mass is 320 g/mol. The van der Waals surface area contributed by atoms with E-state index in [1.165, 1.54) is 13.2 Å². The molecule has 18 heavy (non-hydrogen) atoms. The highest BCUT2D eigenvalue weighted by Crippen LogP contribution is 2.29. The Morgan fingerprint density at radius 1 is 1.44 bits per heavy atom. The van der Waals surface area contributed by atoms with Gasteiger partial charge in [0, 0.05) is 11.6 Å². The number of hydrogen-bond donors (Lipinski definition) is 0. The normalized spacial score (nSPS) is 11.3. The van der Waals surface area contributed by atoms with Crippen LogP contribution in [0.4, 0.5) is 8.78 Å². The van der Waals surface area contributed by atoms with Crippen molar-refractivity contribution in [3.05, 3.63) is 39.9 Å². The fourth-order valence-corrected chi connectivity index (χ4v) is 1.68. The van der Waals surface area contributed by atoms with Gasteiger partial charge in [0.15, 0.2) is 11.6 Å². The van der Waals surface area contributed by atoms with Gasteiger partial charge in [-0.1, -0.05) is 0 Å². The van der Waals surface area contributed by atoms with Gasteiger partial charge in [0.25, 0.3) is 0 Å². The van der Waals surface area contributed by atoms with E-state index in [4.69, 9.17) is 4.74 Å². The van der Waals surface area contributed by atoms with Gasteiger partial charge in [-0.25, -0.2) is 13.6 Å². The summed E-state index contributed by atoms with van der Waals surface area (Å²) in [6.07, 6.45) is 1.45. The van der Waals surface area contributed by atoms with Crippen LogP contribution in [0.25, 0.3) is 0 Å². The molecule has 0 heterocycles. The lowest BCUT2D eigenvalue weighted by Gasteiger charge is -2.07. The van der Waals surface area contributed by atoms with Crippen molar-refractivity contribution in [3.63, 3.8) is 0 Å². The molecule has 1 aromatic rings. The first-order chi connectivity index (χ1) is 8.45. The Morgan fingerprint density at radius 3 is 2.67 bits per heavy atom. The second-order valence-electron chi connectivity index (χ2n) is 3.39. The molecule has 1 aromatic carbocycles. The van der Waals surface area contributed by atoms with Gasteiger partial charge in [-0.15, -0.1) is 0 Å². The van der Waals surface area contributed by atoms with Crippen LogP contribution in [0.2, 0.25) is 0 Å². The summed E-state index contributed by atoms with van der Waals surface area (Å²) in [5, 5.41) is 0. The van der Waals surface area contributed by atoms with Crippen molar-refractivity contribution in [2.24, 2.45) is 0 Å². The predicted octanol–water partition coefficient (Wildman–Crippen LogP) is 3.23. The number of rotatable bonds is 4. The van der Waals surface area contributed by atoms with Gasteiger partial charge in [0.2, 0.25) is 0 Å². The van der Waals surface area contributed by atoms with Crippen LogP contribution >= 0.6 is 15.9 Å². The lowest BCUT2D eigenvalue weighted by molar-refractivity contribution is -0.136. The smallest absolute Gasteiger partial charge is 0.333 e. The van der Waals surface area contributed by atoms with Gasteiger partial charge < -0.3 is 9.47 Å². The summed E-state index contributed by atoms with van der Waals surface area (Å²) >= 11 is 2.99. The molecule has 0 aliphatic rings. The van der Waals surface area contributed by atoms with Crippen molar-refractivity contribution in [1.82, 2.24) is 0 Å². The molecule has 0 unspecified atom stereocenters. The van der Waals surface area contributed by atoms with Crippen LogP contribution in [-0.4, -0.2) is 19.7 Å². The zero-order valence-corrected chi connectivity index (χ0v) is 11.4. The lowest BCUT2D eigenvalue weighted by atomic mass is 10.3. The van der Waals surface area contributed by atoms with Crippen LogP contribution in [0.3, 0.4) is 0 Å². The molecule has 0 bridgehead atoms. The molecule has 0 aliphatic heterocycles. The van der Waals surface area contributed by atoms with E-state index < -0.39 is 17.6 Å². The number of benzene rings is 1. The number of carbonyl (C=O) groups excluding carboxylic acids is 1. The van der Waals surface area contributed by atoms with E-state index in [0.29, 0.717) is 5.57 Å². The quantitative estimate of drug-likeness (QED) is 0.631. The van der Waals surface area contributed by atoms with Crippen LogP contribution in [0.1, 0.15) is 6.92 Å². The third kappa shape index (κ3) is 3.80. The molecule has 98 valence electrons. The second kappa shape index (κ2) is 6.49. The number of ether oxygens (including phenoxy) is 2. The van der Waals surface area contributed by atoms with Crippen LogP contribution in [-0.2, 0) is 9.53 Å². The van der Waals surface area contributed by atoms with Crippen LogP contribution in [0.5, 0.6) is 5.75 Å². The first-order valence-corrected chi connectivity index (χ1v) is 5.77. The number of halogens is 3. The first kappa shape index (κ1) is 14.6. The maximum atomic E-state index is 13.4. The van der Waals surface area contributed by atoms with E-state index in [-0.39, 0.29) is 16.8 Å². The Labute approximate surface area is 112 Å². The highest BCUT2D eigenvalue weighted by atomic mass is 79.9. The van der Waals surface area contributed by atoms with Crippen molar-refractivity contribution < 1.29 is 23.0 Å². The van der Waals surface area contributed by atoms with Gasteiger partial charge >= 0.3 is 5.97 Å². The Hall–Kier alpha value is -1.43. The molecule has 0 aromatic heterocycles. The third-order valence-corrected chi connectivity index (χ3v) is 2.68. The second-order valence-corrected chi connectivity index (χ2v) is 4.24. The van der Waals surface area contributed by atoms with Gasteiger partial charge in [-0.3, -0.25) is 0 Å². The van der Waals surface area contributed by atoms with Crippen molar-refractivity contribution in [2.45, 2.75) is 6.92 Å². The minimum absolute atomic E-state index is 0.0257. The number of carbonyl (C=O) groups is 1. The summed E-state index contributed by atoms with van der Waals surface area (Å²) in [6, 6.07) is 1.81. The third-order valence-electron chi connectivity index (χ3n) is 2.09. The Morgan fingerprint density at radius 2 is 2.11 bits per heavy atom. The van der Waals surface area contributed by atoms with Crippen molar-refractivity contribution in [1.29, 1.82) is 0 Å². The minimum Gasteiger partial charge on any atom is -0.485 e. The fourth-order valence-electron chi connectivity index (χ4n) is 1.16. The zero-order valence-electron chi connectivity index (χ0n) is 9.80. The van der Waals surface area contributed by atoms with Gasteiger partial charge in [-0.2, -0.15) is 0 Å². The standard InChI is InChI=1S/C12H11BrF2O3/c1-7(12(16)17-2)3-4-18-11-9(13)5-8(14)6-10(11)15/h3,5-6H,4H2,1-2H3. The topological polar surface area (TPSA) is 35.5 Å². The molecular weight excluding hydrogens is 310 g/mol. The molecule has 0 aliphatic carbocycles. The van der Waals surface area contributed by atoms with Crippen molar-refractivity contribution >= 4 is 21.9 Å². The highest BCUT2D eigenvalue weighted by molar-refractivity contribution is 9.10. The van der Waals surface area contributed by atoms with Crippen LogP contribution < -0.4 is 4.74 Å². The Bertz CT molecular complexity index is 463. The molecule has 3 nitrogen and oxygen atoms in total. The Kier molecular flexibility index (Phi) is 5.27. The summed E-state index contributed by atoms with van der Waals surface area (Å²) in [7, 11) is 1.26. The first-order valence-electron chi connectivity index (χ1n) is 4.98. The van der Waals surface area contributed by atoms with Gasteiger partial charge in [-0.05, 0) is 35.0 Å². The summed E-state index contributed by atoms with van der Waals surface area (Å²) in [6.45, 7) is 1.52. The predicted molar refractivity (Wildman–Crippen MR) is 65.3 cm³/mol. The Balaban J connectivity index is 2.73. The van der Waals surface area contributed by atoms with E-state index >= 15 is 0 Å². The molecule has 0 N–H and O–H groups in total. The molecule has 0 atom stereocenters. The molecule has 0 saturated carbocycles. The summed E-state index contributed by atoms with van der Waals surface area (Å²) in [5.41, 5.74) is 0.344. The summed E-state index contributed by atoms with van der Waals surface area (Å²) in [4.78, 5) is 11.1. The average Bonchev–Trinajstić information content (AvgIpc) is 2.31. The molecule has 0 spiro atoms. The molecule has 1 rings (SSSR count). The van der Waals surface area contributed by atoms with Crippen molar-refractivity contribution in [3.8, 4) is 5.75 Å². The molecular formula is C12H11BrF2O3. The summed E-state index contributed by atoms with van der Waals surface area (Å²) < 4.78 is 35.9. The zero-order chi connectivity index (χ0) is 13.7. The molecule has 0 fully saturated rings. The number of hydrogen-bond acceptors (Lipinski definition) is 3.